The van der Waals surface area contributed by atoms with E-state index >= 15 is 0 Å². The highest BCUT2D eigenvalue weighted by Crippen LogP contribution is 2.38. The van der Waals surface area contributed by atoms with Gasteiger partial charge in [0, 0.05) is 24.7 Å². The number of carbonyl (C=O) groups excluding carboxylic acids is 3. The van der Waals surface area contributed by atoms with Crippen LogP contribution < -0.4 is 4.74 Å². The van der Waals surface area contributed by atoms with Gasteiger partial charge < -0.3 is 4.74 Å². The van der Waals surface area contributed by atoms with Crippen LogP contribution in [-0.2, 0) is 19.4 Å². The lowest BCUT2D eigenvalue weighted by molar-refractivity contribution is -0.133. The van der Waals surface area contributed by atoms with E-state index in [4.69, 9.17) is 4.74 Å². The van der Waals surface area contributed by atoms with Crippen LogP contribution in [0.15, 0.2) is 21.1 Å². The topological polar surface area (TPSA) is 94.6 Å². The van der Waals surface area contributed by atoms with Crippen molar-refractivity contribution in [3.05, 3.63) is 26.6 Å². The van der Waals surface area contributed by atoms with Crippen LogP contribution in [0.3, 0.4) is 0 Å². The first-order chi connectivity index (χ1) is 11.1. The molecule has 0 saturated heterocycles. The predicted octanol–water partition coefficient (Wildman–Crippen LogP) is 2.71. The fourth-order valence-electron chi connectivity index (χ4n) is 2.37. The van der Waals surface area contributed by atoms with Crippen molar-refractivity contribution in [1.29, 1.82) is 0 Å². The molecule has 0 N–H and O–H groups in total. The molecule has 0 radical (unpaired) electrons. The molecular weight excluding hydrogens is 468 g/mol. The first-order valence-corrected chi connectivity index (χ1v) is 10.6. The van der Waals surface area contributed by atoms with E-state index in [1.807, 2.05) is 0 Å². The van der Waals surface area contributed by atoms with Gasteiger partial charge in [-0.15, -0.1) is 0 Å². The van der Waals surface area contributed by atoms with Crippen molar-refractivity contribution in [3.8, 4) is 5.75 Å². The van der Waals surface area contributed by atoms with Crippen LogP contribution in [0.4, 0.5) is 0 Å². The Hall–Kier alpha value is -1.06. The van der Waals surface area contributed by atoms with Crippen molar-refractivity contribution in [3.63, 3.8) is 0 Å². The van der Waals surface area contributed by atoms with Crippen molar-refractivity contribution in [1.82, 2.24) is 0 Å². The maximum absolute atomic E-state index is 12.6. The van der Waals surface area contributed by atoms with Gasteiger partial charge in [0.25, 0.3) is 0 Å². The number of ether oxygens (including phenoxy) is 1. The van der Waals surface area contributed by atoms with Gasteiger partial charge in [-0.3, -0.25) is 14.4 Å². The van der Waals surface area contributed by atoms with Crippen LogP contribution >= 0.6 is 31.9 Å². The van der Waals surface area contributed by atoms with Crippen molar-refractivity contribution in [2.75, 3.05) is 12.2 Å². The lowest BCUT2D eigenvalue weighted by Gasteiger charge is -2.19. The zero-order valence-electron chi connectivity index (χ0n) is 12.7. The monoisotopic (exact) mass is 480 g/mol. The third-order valence-corrected chi connectivity index (χ3v) is 5.44. The van der Waals surface area contributed by atoms with E-state index in [1.54, 1.807) is 0 Å². The first-order valence-electron chi connectivity index (χ1n) is 7.00. The van der Waals surface area contributed by atoms with Gasteiger partial charge in [-0.05, 0) is 50.4 Å². The van der Waals surface area contributed by atoms with Gasteiger partial charge >= 0.3 is 0 Å². The molecule has 0 atom stereocenters. The molecule has 130 valence electrons. The molecule has 1 aliphatic carbocycles. The molecule has 0 spiro atoms. The van der Waals surface area contributed by atoms with Gasteiger partial charge in [0.15, 0.2) is 33.1 Å². The van der Waals surface area contributed by atoms with Gasteiger partial charge in [-0.1, -0.05) is 0 Å². The highest BCUT2D eigenvalue weighted by molar-refractivity contribution is 9.11. The quantitative estimate of drug-likeness (QED) is 0.474. The van der Waals surface area contributed by atoms with Crippen molar-refractivity contribution >= 4 is 59.0 Å². The summed E-state index contributed by atoms with van der Waals surface area (Å²) in [6.07, 6.45) is 1.89. The standard InChI is InChI=1S/C15H14Br2O6S/c1-24(21,22)7-23-15-9(16)6-5-8(13(15)17)14(20)12-10(18)3-2-4-11(12)19/h5-6,12H,2-4,7H2,1H3. The number of rotatable bonds is 5. The molecule has 0 aromatic heterocycles. The Kier molecular flexibility index (Phi) is 5.98. The first kappa shape index (κ1) is 19.3. The van der Waals surface area contributed by atoms with E-state index in [1.165, 1.54) is 12.1 Å². The molecule has 1 saturated carbocycles. The number of Topliss-reactive ketones (excluding diaryl/α,β-unsaturated/α-hetero) is 3. The normalized spacial score (nSPS) is 16.3. The van der Waals surface area contributed by atoms with Gasteiger partial charge in [0.2, 0.25) is 0 Å². The molecule has 1 aromatic carbocycles. The Bertz CT molecular complexity index is 799. The zero-order valence-corrected chi connectivity index (χ0v) is 16.7. The minimum atomic E-state index is -3.38. The number of benzene rings is 1. The highest BCUT2D eigenvalue weighted by atomic mass is 79.9. The summed E-state index contributed by atoms with van der Waals surface area (Å²) < 4.78 is 28.4. The number of ketones is 3. The summed E-state index contributed by atoms with van der Waals surface area (Å²) in [5, 5.41) is 0. The molecule has 0 aliphatic heterocycles. The van der Waals surface area contributed by atoms with Gasteiger partial charge in [0.05, 0.1) is 8.95 Å². The lowest BCUT2D eigenvalue weighted by Crippen LogP contribution is -2.35. The van der Waals surface area contributed by atoms with E-state index in [0.717, 1.165) is 6.26 Å². The molecule has 9 heteroatoms. The Morgan fingerprint density at radius 1 is 1.21 bits per heavy atom. The summed E-state index contributed by atoms with van der Waals surface area (Å²) in [6.45, 7) is 0. The van der Waals surface area contributed by atoms with E-state index in [2.05, 4.69) is 31.9 Å². The van der Waals surface area contributed by atoms with Gasteiger partial charge in [-0.25, -0.2) is 8.42 Å². The average Bonchev–Trinajstić information content (AvgIpc) is 2.45. The molecule has 0 unspecified atom stereocenters. The summed E-state index contributed by atoms with van der Waals surface area (Å²) in [7, 11) is -3.38. The number of halogens is 2. The number of hydrogen-bond donors (Lipinski definition) is 0. The summed E-state index contributed by atoms with van der Waals surface area (Å²) >= 11 is 6.44. The maximum atomic E-state index is 12.6. The summed E-state index contributed by atoms with van der Waals surface area (Å²) in [6, 6.07) is 2.96. The maximum Gasteiger partial charge on any atom is 0.189 e. The third-order valence-electron chi connectivity index (χ3n) is 3.48. The minimum Gasteiger partial charge on any atom is -0.475 e. The second kappa shape index (κ2) is 7.45. The summed E-state index contributed by atoms with van der Waals surface area (Å²) in [5.41, 5.74) is 0.107. The Labute approximate surface area is 156 Å². The lowest BCUT2D eigenvalue weighted by atomic mass is 9.81. The minimum absolute atomic E-state index is 0.107. The van der Waals surface area contributed by atoms with E-state index in [9.17, 15) is 22.8 Å². The SMILES string of the molecule is CS(=O)(=O)COc1c(Br)ccc(C(=O)C2C(=O)CCCC2=O)c1Br. The Morgan fingerprint density at radius 2 is 1.79 bits per heavy atom. The molecule has 1 aromatic rings. The highest BCUT2D eigenvalue weighted by Gasteiger charge is 2.37. The van der Waals surface area contributed by atoms with Crippen LogP contribution in [0.2, 0.25) is 0 Å². The fraction of sp³-hybridized carbons (Fsp3) is 0.400. The van der Waals surface area contributed by atoms with Crippen LogP contribution in [0.25, 0.3) is 0 Å². The summed E-state index contributed by atoms with van der Waals surface area (Å²) in [5.74, 6) is -3.10. The van der Waals surface area contributed by atoms with E-state index in [0.29, 0.717) is 10.9 Å². The number of carbonyl (C=O) groups is 3. The molecule has 0 heterocycles. The van der Waals surface area contributed by atoms with E-state index < -0.39 is 27.5 Å². The molecule has 6 nitrogen and oxygen atoms in total. The van der Waals surface area contributed by atoms with Gasteiger partial charge in [0.1, 0.15) is 11.7 Å². The molecule has 0 bridgehead atoms. The smallest absolute Gasteiger partial charge is 0.189 e. The largest absolute Gasteiger partial charge is 0.475 e. The van der Waals surface area contributed by atoms with Crippen molar-refractivity contribution in [2.24, 2.45) is 5.92 Å². The predicted molar refractivity (Wildman–Crippen MR) is 93.9 cm³/mol. The Balaban J connectivity index is 2.38. The average molecular weight is 482 g/mol. The molecule has 24 heavy (non-hydrogen) atoms. The number of sulfone groups is 1. The second-order valence-electron chi connectivity index (χ2n) is 5.51. The summed E-state index contributed by atoms with van der Waals surface area (Å²) in [4.78, 5) is 36.6. The van der Waals surface area contributed by atoms with Crippen LogP contribution in [0.5, 0.6) is 5.75 Å². The molecule has 1 aliphatic rings. The Morgan fingerprint density at radius 3 is 2.33 bits per heavy atom. The van der Waals surface area contributed by atoms with E-state index in [-0.39, 0.29) is 40.2 Å². The zero-order chi connectivity index (χ0) is 18.1. The second-order valence-corrected chi connectivity index (χ2v) is 9.24. The fourth-order valence-corrected chi connectivity index (χ4v) is 4.07. The van der Waals surface area contributed by atoms with Gasteiger partial charge in [-0.2, -0.15) is 0 Å². The van der Waals surface area contributed by atoms with Crippen LogP contribution in [0, 0.1) is 5.92 Å². The number of hydrogen-bond acceptors (Lipinski definition) is 6. The molecular formula is C15H14Br2O6S. The van der Waals surface area contributed by atoms with Crippen molar-refractivity contribution in [2.45, 2.75) is 19.3 Å². The molecule has 2 rings (SSSR count). The van der Waals surface area contributed by atoms with Crippen LogP contribution in [0.1, 0.15) is 29.6 Å². The molecule has 1 fully saturated rings. The molecule has 0 amide bonds. The van der Waals surface area contributed by atoms with Crippen LogP contribution in [-0.4, -0.2) is 38.0 Å². The van der Waals surface area contributed by atoms with Crippen molar-refractivity contribution < 1.29 is 27.5 Å². The third kappa shape index (κ3) is 4.31.